The molecule has 0 spiro atoms. The van der Waals surface area contributed by atoms with Crippen molar-refractivity contribution in [3.05, 3.63) is 35.3 Å². The molecule has 2 aromatic rings. The summed E-state index contributed by atoms with van der Waals surface area (Å²) in [6.07, 6.45) is 3.93. The van der Waals surface area contributed by atoms with Crippen LogP contribution in [0, 0.1) is 0 Å². The summed E-state index contributed by atoms with van der Waals surface area (Å²) >= 11 is 1.58. The molecule has 0 saturated carbocycles. The van der Waals surface area contributed by atoms with E-state index in [4.69, 9.17) is 0 Å². The minimum atomic E-state index is 0.756. The molecule has 0 N–H and O–H groups in total. The lowest BCUT2D eigenvalue weighted by Gasteiger charge is -1.80. The first-order valence-electron chi connectivity index (χ1n) is 3.87. The van der Waals surface area contributed by atoms with Crippen LogP contribution in [0.5, 0.6) is 0 Å². The summed E-state index contributed by atoms with van der Waals surface area (Å²) in [5, 5.41) is 0.869. The van der Waals surface area contributed by atoms with Crippen LogP contribution >= 0.6 is 11.3 Å². The largest absolute Gasteiger partial charge is 0.299 e. The van der Waals surface area contributed by atoms with Crippen LogP contribution < -0.4 is 0 Å². The maximum absolute atomic E-state index is 10.1. The van der Waals surface area contributed by atoms with Crippen LogP contribution in [0.15, 0.2) is 30.3 Å². The molecule has 0 aliphatic heterocycles. The number of aromatic nitrogens is 1. The van der Waals surface area contributed by atoms with Crippen molar-refractivity contribution in [2.45, 2.75) is 0 Å². The van der Waals surface area contributed by atoms with E-state index in [-0.39, 0.29) is 0 Å². The van der Waals surface area contributed by atoms with Gasteiger partial charge in [0.05, 0.1) is 10.2 Å². The Balaban J connectivity index is 2.49. The van der Waals surface area contributed by atoms with Crippen molar-refractivity contribution in [2.75, 3.05) is 0 Å². The van der Waals surface area contributed by atoms with Gasteiger partial charge in [-0.15, -0.1) is 11.3 Å². The van der Waals surface area contributed by atoms with E-state index >= 15 is 0 Å². The Morgan fingerprint density at radius 2 is 2.15 bits per heavy atom. The standard InChI is InChI=1S/C10H7NOS/c12-7-3-6-10-11-8-4-1-2-5-9(8)13-10/h1-7H. The van der Waals surface area contributed by atoms with Gasteiger partial charge in [-0.1, -0.05) is 12.1 Å². The van der Waals surface area contributed by atoms with Gasteiger partial charge in [-0.2, -0.15) is 0 Å². The first-order valence-corrected chi connectivity index (χ1v) is 4.69. The van der Waals surface area contributed by atoms with Crippen molar-refractivity contribution in [1.82, 2.24) is 4.98 Å². The molecule has 0 radical (unpaired) electrons. The van der Waals surface area contributed by atoms with Crippen LogP contribution in [0.1, 0.15) is 5.01 Å². The summed E-state index contributed by atoms with van der Waals surface area (Å²) in [4.78, 5) is 14.4. The number of hydrogen-bond donors (Lipinski definition) is 0. The van der Waals surface area contributed by atoms with E-state index in [0.717, 1.165) is 21.5 Å². The molecule has 0 atom stereocenters. The van der Waals surface area contributed by atoms with Crippen LogP contribution in [-0.4, -0.2) is 11.3 Å². The Hall–Kier alpha value is -1.48. The highest BCUT2D eigenvalue weighted by atomic mass is 32.1. The van der Waals surface area contributed by atoms with E-state index in [1.165, 1.54) is 6.08 Å². The zero-order valence-electron chi connectivity index (χ0n) is 6.81. The van der Waals surface area contributed by atoms with E-state index in [0.29, 0.717) is 0 Å². The monoisotopic (exact) mass is 189 g/mol. The van der Waals surface area contributed by atoms with Crippen molar-refractivity contribution >= 4 is 33.9 Å². The molecule has 2 nitrogen and oxygen atoms in total. The van der Waals surface area contributed by atoms with E-state index in [1.54, 1.807) is 17.4 Å². The SMILES string of the molecule is O=CC=Cc1nc2ccccc2s1. The fourth-order valence-corrected chi connectivity index (χ4v) is 1.96. The Bertz CT molecular complexity index is 426. The molecule has 1 aromatic heterocycles. The van der Waals surface area contributed by atoms with Gasteiger partial charge in [-0.25, -0.2) is 4.98 Å². The number of para-hydroxylation sites is 1. The normalized spacial score (nSPS) is 11.1. The summed E-state index contributed by atoms with van der Waals surface area (Å²) in [5.41, 5.74) is 0.984. The Morgan fingerprint density at radius 1 is 1.31 bits per heavy atom. The van der Waals surface area contributed by atoms with Crippen LogP contribution in [0.4, 0.5) is 0 Å². The fourth-order valence-electron chi connectivity index (χ4n) is 1.08. The van der Waals surface area contributed by atoms with Crippen LogP contribution in [0.3, 0.4) is 0 Å². The third-order valence-electron chi connectivity index (χ3n) is 1.63. The third kappa shape index (κ3) is 1.65. The number of hydrogen-bond acceptors (Lipinski definition) is 3. The van der Waals surface area contributed by atoms with Crippen molar-refractivity contribution in [1.29, 1.82) is 0 Å². The maximum atomic E-state index is 10.1. The molecule has 0 aliphatic rings. The highest BCUT2D eigenvalue weighted by Crippen LogP contribution is 2.21. The smallest absolute Gasteiger partial charge is 0.142 e. The van der Waals surface area contributed by atoms with Crippen LogP contribution in [0.25, 0.3) is 16.3 Å². The second-order valence-corrected chi connectivity index (χ2v) is 3.58. The molecule has 0 aliphatic carbocycles. The third-order valence-corrected chi connectivity index (χ3v) is 2.63. The maximum Gasteiger partial charge on any atom is 0.142 e. The Morgan fingerprint density at radius 3 is 2.92 bits per heavy atom. The van der Waals surface area contributed by atoms with Gasteiger partial charge in [-0.3, -0.25) is 4.79 Å². The van der Waals surface area contributed by atoms with Gasteiger partial charge in [-0.05, 0) is 24.3 Å². The van der Waals surface area contributed by atoms with E-state index in [1.807, 2.05) is 24.3 Å². The summed E-state index contributed by atoms with van der Waals surface area (Å²) in [7, 11) is 0. The van der Waals surface area contributed by atoms with Crippen molar-refractivity contribution < 1.29 is 4.79 Å². The highest BCUT2D eigenvalue weighted by molar-refractivity contribution is 7.19. The predicted molar refractivity (Wildman–Crippen MR) is 54.7 cm³/mol. The molecule has 0 saturated heterocycles. The molecular weight excluding hydrogens is 182 g/mol. The lowest BCUT2D eigenvalue weighted by molar-refractivity contribution is -0.104. The first-order chi connectivity index (χ1) is 6.40. The average molecular weight is 189 g/mol. The van der Waals surface area contributed by atoms with Crippen molar-refractivity contribution in [3.63, 3.8) is 0 Å². The second kappa shape index (κ2) is 3.49. The molecule has 0 bridgehead atoms. The summed E-state index contributed by atoms with van der Waals surface area (Å²) < 4.78 is 1.15. The zero-order valence-corrected chi connectivity index (χ0v) is 7.62. The summed E-state index contributed by atoms with van der Waals surface area (Å²) in [6.45, 7) is 0. The molecule has 0 amide bonds. The zero-order chi connectivity index (χ0) is 9.10. The first kappa shape index (κ1) is 8.13. The van der Waals surface area contributed by atoms with E-state index < -0.39 is 0 Å². The molecule has 3 heteroatoms. The fraction of sp³-hybridized carbons (Fsp3) is 0. The minimum absolute atomic E-state index is 0.756. The number of aldehydes is 1. The lowest BCUT2D eigenvalue weighted by atomic mass is 10.3. The minimum Gasteiger partial charge on any atom is -0.299 e. The van der Waals surface area contributed by atoms with Gasteiger partial charge in [0.1, 0.15) is 11.3 Å². The number of benzene rings is 1. The second-order valence-electron chi connectivity index (χ2n) is 2.52. The van der Waals surface area contributed by atoms with Gasteiger partial charge >= 0.3 is 0 Å². The number of nitrogens with zero attached hydrogens (tertiary/aromatic N) is 1. The summed E-state index contributed by atoms with van der Waals surface area (Å²) in [6, 6.07) is 7.92. The molecule has 64 valence electrons. The van der Waals surface area contributed by atoms with Gasteiger partial charge in [0, 0.05) is 0 Å². The molecular formula is C10H7NOS. The van der Waals surface area contributed by atoms with Crippen molar-refractivity contribution in [2.24, 2.45) is 0 Å². The number of carbonyl (C=O) groups is 1. The number of carbonyl (C=O) groups excluding carboxylic acids is 1. The van der Waals surface area contributed by atoms with Gasteiger partial charge in [0.25, 0.3) is 0 Å². The van der Waals surface area contributed by atoms with Gasteiger partial charge < -0.3 is 0 Å². The Labute approximate surface area is 79.5 Å². The molecule has 13 heavy (non-hydrogen) atoms. The molecule has 0 fully saturated rings. The number of rotatable bonds is 2. The predicted octanol–water partition coefficient (Wildman–Crippen LogP) is 2.51. The molecule has 2 rings (SSSR count). The molecule has 0 unspecified atom stereocenters. The van der Waals surface area contributed by atoms with E-state index in [2.05, 4.69) is 4.98 Å². The van der Waals surface area contributed by atoms with Gasteiger partial charge in [0.15, 0.2) is 0 Å². The van der Waals surface area contributed by atoms with Crippen LogP contribution in [-0.2, 0) is 4.79 Å². The summed E-state index contributed by atoms with van der Waals surface area (Å²) in [5.74, 6) is 0. The molecule has 1 heterocycles. The number of fused-ring (bicyclic) bond motifs is 1. The van der Waals surface area contributed by atoms with Gasteiger partial charge in [0.2, 0.25) is 0 Å². The molecule has 1 aromatic carbocycles. The van der Waals surface area contributed by atoms with Crippen LogP contribution in [0.2, 0.25) is 0 Å². The lowest BCUT2D eigenvalue weighted by Crippen LogP contribution is -1.68. The highest BCUT2D eigenvalue weighted by Gasteiger charge is 1.98. The topological polar surface area (TPSA) is 30.0 Å². The average Bonchev–Trinajstić information content (AvgIpc) is 2.57. The quantitative estimate of drug-likeness (QED) is 0.536. The van der Waals surface area contributed by atoms with E-state index in [9.17, 15) is 4.79 Å². The number of allylic oxidation sites excluding steroid dienone is 1. The van der Waals surface area contributed by atoms with Crippen molar-refractivity contribution in [3.8, 4) is 0 Å². The number of thiazole rings is 1. The Kier molecular flexibility index (Phi) is 2.19.